The number of nitrogens with two attached hydrogens (primary N) is 1. The molecule has 0 heterocycles. The summed E-state index contributed by atoms with van der Waals surface area (Å²) in [6, 6.07) is 4.22. The van der Waals surface area contributed by atoms with Gasteiger partial charge in [0.15, 0.2) is 0 Å². The molecule has 0 radical (unpaired) electrons. The summed E-state index contributed by atoms with van der Waals surface area (Å²) in [6.45, 7) is 1.90. The van der Waals surface area contributed by atoms with Crippen molar-refractivity contribution in [1.29, 1.82) is 0 Å². The van der Waals surface area contributed by atoms with Gasteiger partial charge in [-0.3, -0.25) is 0 Å². The molecule has 1 rings (SSSR count). The minimum atomic E-state index is -3.68. The van der Waals surface area contributed by atoms with Gasteiger partial charge in [0.05, 0.1) is 14.2 Å². The van der Waals surface area contributed by atoms with E-state index in [0.29, 0.717) is 5.75 Å². The van der Waals surface area contributed by atoms with E-state index in [4.69, 9.17) is 15.2 Å². The van der Waals surface area contributed by atoms with E-state index in [9.17, 15) is 8.42 Å². The number of methoxy groups -OCH3 is 2. The monoisotopic (exact) mass is 310 g/mol. The largest absolute Gasteiger partial charge is 0.497 e. The van der Waals surface area contributed by atoms with Gasteiger partial charge in [-0.2, -0.15) is 0 Å². The second-order valence-corrected chi connectivity index (χ2v) is 5.46. The highest BCUT2D eigenvalue weighted by Gasteiger charge is 2.22. The Morgan fingerprint density at radius 2 is 1.95 bits per heavy atom. The maximum absolute atomic E-state index is 12.1. The maximum atomic E-state index is 12.1. The minimum Gasteiger partial charge on any atom is -0.497 e. The van der Waals surface area contributed by atoms with Crippen LogP contribution in [-0.4, -0.2) is 35.2 Å². The summed E-state index contributed by atoms with van der Waals surface area (Å²) in [5.74, 6) is 0.698. The number of benzene rings is 1. The van der Waals surface area contributed by atoms with Gasteiger partial charge < -0.3 is 15.2 Å². The topological polar surface area (TPSA) is 90.6 Å². The lowest BCUT2D eigenvalue weighted by Gasteiger charge is -2.15. The molecule has 6 nitrogen and oxygen atoms in total. The SMILES string of the molecule is COc1ccc(OC)c(S(=O)(=O)N[C@H](C)CN)c1.Cl. The second-order valence-electron chi connectivity index (χ2n) is 3.77. The summed E-state index contributed by atoms with van der Waals surface area (Å²) in [5.41, 5.74) is 5.40. The third kappa shape index (κ3) is 4.54. The van der Waals surface area contributed by atoms with Crippen molar-refractivity contribution in [2.75, 3.05) is 20.8 Å². The standard InChI is InChI=1S/C11H18N2O4S.ClH/c1-8(7-12)13-18(14,15)11-6-9(16-2)4-5-10(11)17-3;/h4-6,8,13H,7,12H2,1-3H3;1H/t8-;/m1./s1. The van der Waals surface area contributed by atoms with Gasteiger partial charge in [-0.05, 0) is 19.1 Å². The van der Waals surface area contributed by atoms with Gasteiger partial charge in [0.1, 0.15) is 16.4 Å². The lowest BCUT2D eigenvalue weighted by Crippen LogP contribution is -2.37. The van der Waals surface area contributed by atoms with Crippen LogP contribution >= 0.6 is 12.4 Å². The molecule has 0 saturated heterocycles. The van der Waals surface area contributed by atoms with Gasteiger partial charge in [-0.1, -0.05) is 0 Å². The molecule has 1 atom stereocenters. The van der Waals surface area contributed by atoms with E-state index >= 15 is 0 Å². The molecule has 0 saturated carbocycles. The lowest BCUT2D eigenvalue weighted by atomic mass is 10.3. The fourth-order valence-corrected chi connectivity index (χ4v) is 2.81. The molecule has 0 spiro atoms. The average molecular weight is 311 g/mol. The number of nitrogens with one attached hydrogen (secondary N) is 1. The first kappa shape index (κ1) is 18.0. The first-order valence-corrected chi connectivity index (χ1v) is 6.87. The molecule has 0 amide bonds. The van der Waals surface area contributed by atoms with Crippen LogP contribution in [0.4, 0.5) is 0 Å². The number of hydrogen-bond acceptors (Lipinski definition) is 5. The zero-order valence-electron chi connectivity index (χ0n) is 11.0. The van der Waals surface area contributed by atoms with E-state index in [1.165, 1.54) is 20.3 Å². The van der Waals surface area contributed by atoms with Crippen LogP contribution in [0.2, 0.25) is 0 Å². The first-order chi connectivity index (χ1) is 8.44. The van der Waals surface area contributed by atoms with Crippen molar-refractivity contribution in [3.8, 4) is 11.5 Å². The predicted octanol–water partition coefficient (Wildman–Crippen LogP) is 0.751. The third-order valence-electron chi connectivity index (χ3n) is 2.37. The summed E-state index contributed by atoms with van der Waals surface area (Å²) in [7, 11) is -0.806. The third-order valence-corrected chi connectivity index (χ3v) is 3.98. The number of ether oxygens (including phenoxy) is 2. The van der Waals surface area contributed by atoms with Crippen molar-refractivity contribution >= 4 is 22.4 Å². The lowest BCUT2D eigenvalue weighted by molar-refractivity contribution is 0.391. The quantitative estimate of drug-likeness (QED) is 0.809. The molecule has 3 N–H and O–H groups in total. The Morgan fingerprint density at radius 1 is 1.32 bits per heavy atom. The highest BCUT2D eigenvalue weighted by molar-refractivity contribution is 7.89. The molecule has 0 fully saturated rings. The van der Waals surface area contributed by atoms with Gasteiger partial charge in [-0.25, -0.2) is 13.1 Å². The molecule has 0 aliphatic carbocycles. The van der Waals surface area contributed by atoms with Crippen molar-refractivity contribution < 1.29 is 17.9 Å². The fraction of sp³-hybridized carbons (Fsp3) is 0.455. The Kier molecular flexibility index (Phi) is 7.14. The van der Waals surface area contributed by atoms with Crippen LogP contribution in [0.5, 0.6) is 11.5 Å². The average Bonchev–Trinajstić information content (AvgIpc) is 2.37. The molecule has 1 aromatic rings. The van der Waals surface area contributed by atoms with E-state index in [-0.39, 0.29) is 35.6 Å². The Hall–Kier alpha value is -1.02. The molecular weight excluding hydrogens is 292 g/mol. The molecule has 110 valence electrons. The summed E-state index contributed by atoms with van der Waals surface area (Å²) in [6.07, 6.45) is 0. The molecular formula is C11H19ClN2O4S. The molecule has 19 heavy (non-hydrogen) atoms. The molecule has 0 unspecified atom stereocenters. The molecule has 0 aromatic heterocycles. The molecule has 0 aliphatic rings. The Bertz CT molecular complexity index is 507. The summed E-state index contributed by atoms with van der Waals surface area (Å²) < 4.78 is 36.8. The Balaban J connectivity index is 0.00000324. The van der Waals surface area contributed by atoms with E-state index in [0.717, 1.165) is 0 Å². The van der Waals surface area contributed by atoms with Gasteiger partial charge in [-0.15, -0.1) is 12.4 Å². The van der Waals surface area contributed by atoms with Crippen LogP contribution in [0.1, 0.15) is 6.92 Å². The second kappa shape index (κ2) is 7.54. The number of hydrogen-bond donors (Lipinski definition) is 2. The maximum Gasteiger partial charge on any atom is 0.244 e. The molecule has 8 heteroatoms. The van der Waals surface area contributed by atoms with Gasteiger partial charge in [0, 0.05) is 18.7 Å². The predicted molar refractivity (Wildman–Crippen MR) is 75.6 cm³/mol. The number of rotatable bonds is 6. The minimum absolute atomic E-state index is 0. The zero-order valence-corrected chi connectivity index (χ0v) is 12.7. The summed E-state index contributed by atoms with van der Waals surface area (Å²) >= 11 is 0. The van der Waals surface area contributed by atoms with Crippen LogP contribution in [0.3, 0.4) is 0 Å². The first-order valence-electron chi connectivity index (χ1n) is 5.39. The van der Waals surface area contributed by atoms with Gasteiger partial charge in [0.25, 0.3) is 0 Å². The fourth-order valence-electron chi connectivity index (χ4n) is 1.37. The van der Waals surface area contributed by atoms with E-state index in [1.807, 2.05) is 0 Å². The highest BCUT2D eigenvalue weighted by atomic mass is 35.5. The van der Waals surface area contributed by atoms with Crippen LogP contribution in [0.25, 0.3) is 0 Å². The van der Waals surface area contributed by atoms with Crippen molar-refractivity contribution in [1.82, 2.24) is 4.72 Å². The van der Waals surface area contributed by atoms with Crippen LogP contribution in [0.15, 0.2) is 23.1 Å². The normalized spacial score (nSPS) is 12.4. The van der Waals surface area contributed by atoms with Gasteiger partial charge >= 0.3 is 0 Å². The smallest absolute Gasteiger partial charge is 0.244 e. The van der Waals surface area contributed by atoms with Crippen LogP contribution in [0, 0.1) is 0 Å². The van der Waals surface area contributed by atoms with Crippen molar-refractivity contribution in [2.45, 2.75) is 17.9 Å². The summed E-state index contributed by atoms with van der Waals surface area (Å²) in [4.78, 5) is 0.0321. The van der Waals surface area contributed by atoms with Crippen molar-refractivity contribution in [2.24, 2.45) is 5.73 Å². The van der Waals surface area contributed by atoms with Crippen LogP contribution in [-0.2, 0) is 10.0 Å². The van der Waals surface area contributed by atoms with E-state index in [2.05, 4.69) is 4.72 Å². The van der Waals surface area contributed by atoms with E-state index in [1.54, 1.807) is 19.1 Å². The molecule has 1 aromatic carbocycles. The Morgan fingerprint density at radius 3 is 2.42 bits per heavy atom. The number of halogens is 1. The van der Waals surface area contributed by atoms with Crippen molar-refractivity contribution in [3.05, 3.63) is 18.2 Å². The van der Waals surface area contributed by atoms with Crippen molar-refractivity contribution in [3.63, 3.8) is 0 Å². The summed E-state index contributed by atoms with van der Waals surface area (Å²) in [5, 5.41) is 0. The highest BCUT2D eigenvalue weighted by Crippen LogP contribution is 2.28. The zero-order chi connectivity index (χ0) is 13.8. The van der Waals surface area contributed by atoms with Crippen LogP contribution < -0.4 is 19.9 Å². The van der Waals surface area contributed by atoms with Gasteiger partial charge in [0.2, 0.25) is 10.0 Å². The molecule has 0 aliphatic heterocycles. The number of sulfonamides is 1. The Labute approximate surface area is 119 Å². The molecule has 0 bridgehead atoms. The van der Waals surface area contributed by atoms with E-state index < -0.39 is 10.0 Å².